The normalized spacial score (nSPS) is 10.4. The number of anilines is 1. The van der Waals surface area contributed by atoms with Crippen molar-refractivity contribution in [2.75, 3.05) is 5.73 Å². The highest BCUT2D eigenvalue weighted by atomic mass is 15.4. The fourth-order valence-corrected chi connectivity index (χ4v) is 1.60. The molecule has 2 aromatic heterocycles. The van der Waals surface area contributed by atoms with E-state index >= 15 is 0 Å². The first-order chi connectivity index (χ1) is 8.83. The van der Waals surface area contributed by atoms with Crippen LogP contribution >= 0.6 is 0 Å². The monoisotopic (exact) mass is 238 g/mol. The molecule has 88 valence electrons. The maximum Gasteiger partial charge on any atom is 0.181 e. The van der Waals surface area contributed by atoms with Gasteiger partial charge in [-0.1, -0.05) is 12.1 Å². The second kappa shape index (κ2) is 4.25. The van der Waals surface area contributed by atoms with Gasteiger partial charge in [0.2, 0.25) is 0 Å². The number of rotatable bonds is 2. The highest BCUT2D eigenvalue weighted by Crippen LogP contribution is 2.17. The predicted molar refractivity (Wildman–Crippen MR) is 66.8 cm³/mol. The topological polar surface area (TPSA) is 82.5 Å². The Labute approximate surface area is 103 Å². The molecular formula is C12H10N6. The fourth-order valence-electron chi connectivity index (χ4n) is 1.60. The Kier molecular flexibility index (Phi) is 2.45. The van der Waals surface area contributed by atoms with E-state index in [-0.39, 0.29) is 0 Å². The lowest BCUT2D eigenvalue weighted by Gasteiger charge is -1.97. The van der Waals surface area contributed by atoms with Crippen LogP contribution in [0.15, 0.2) is 48.9 Å². The minimum absolute atomic E-state index is 0.605. The van der Waals surface area contributed by atoms with Crippen molar-refractivity contribution in [2.45, 2.75) is 0 Å². The molecule has 18 heavy (non-hydrogen) atoms. The van der Waals surface area contributed by atoms with Crippen molar-refractivity contribution in [2.24, 2.45) is 0 Å². The lowest BCUT2D eigenvalue weighted by molar-refractivity contribution is 0.815. The molecule has 2 N–H and O–H groups in total. The number of benzene rings is 1. The largest absolute Gasteiger partial charge is 0.399 e. The van der Waals surface area contributed by atoms with Gasteiger partial charge in [0.05, 0.1) is 0 Å². The molecule has 6 nitrogen and oxygen atoms in total. The lowest BCUT2D eigenvalue weighted by Crippen LogP contribution is -1.98. The quantitative estimate of drug-likeness (QED) is 0.680. The van der Waals surface area contributed by atoms with E-state index in [1.807, 2.05) is 30.3 Å². The number of nitrogens with zero attached hydrogens (tertiary/aromatic N) is 5. The highest BCUT2D eigenvalue weighted by Gasteiger charge is 2.06. The zero-order valence-electron chi connectivity index (χ0n) is 9.43. The summed E-state index contributed by atoms with van der Waals surface area (Å²) in [4.78, 5) is 4.23. The van der Waals surface area contributed by atoms with Crippen LogP contribution in [0.2, 0.25) is 0 Å². The van der Waals surface area contributed by atoms with Crippen molar-refractivity contribution in [3.8, 4) is 17.2 Å². The Bertz CT molecular complexity index is 661. The van der Waals surface area contributed by atoms with Crippen LogP contribution in [0.5, 0.6) is 0 Å². The summed E-state index contributed by atoms with van der Waals surface area (Å²) < 4.78 is 1.57. The summed E-state index contributed by atoms with van der Waals surface area (Å²) in [5.41, 5.74) is 7.29. The van der Waals surface area contributed by atoms with E-state index in [0.29, 0.717) is 17.3 Å². The maximum atomic E-state index is 5.73. The first kappa shape index (κ1) is 10.4. The zero-order valence-corrected chi connectivity index (χ0v) is 9.43. The molecule has 0 saturated carbocycles. The van der Waals surface area contributed by atoms with Gasteiger partial charge in [0, 0.05) is 17.4 Å². The van der Waals surface area contributed by atoms with Crippen LogP contribution in [0.1, 0.15) is 0 Å². The Morgan fingerprint density at radius 2 is 2.06 bits per heavy atom. The Balaban J connectivity index is 2.00. The standard InChI is InChI=1S/C12H10N6/c13-10-4-1-3-9(7-10)12-14-8-18(17-12)11-5-2-6-15-16-11/h1-8H,13H2. The van der Waals surface area contributed by atoms with Crippen LogP contribution in [0, 0.1) is 0 Å². The van der Waals surface area contributed by atoms with Crippen molar-refractivity contribution in [3.63, 3.8) is 0 Å². The molecule has 6 heteroatoms. The second-order valence-electron chi connectivity index (χ2n) is 3.72. The maximum absolute atomic E-state index is 5.73. The SMILES string of the molecule is Nc1cccc(-c2ncn(-c3cccnn3)n2)c1. The summed E-state index contributed by atoms with van der Waals surface area (Å²) in [6, 6.07) is 11.0. The number of hydrogen-bond acceptors (Lipinski definition) is 5. The van der Waals surface area contributed by atoms with Gasteiger partial charge in [0.25, 0.3) is 0 Å². The highest BCUT2D eigenvalue weighted by molar-refractivity contribution is 5.60. The molecule has 0 unspecified atom stereocenters. The second-order valence-corrected chi connectivity index (χ2v) is 3.72. The van der Waals surface area contributed by atoms with Gasteiger partial charge >= 0.3 is 0 Å². The fraction of sp³-hybridized carbons (Fsp3) is 0. The first-order valence-corrected chi connectivity index (χ1v) is 5.38. The molecule has 0 bridgehead atoms. The number of nitrogen functional groups attached to an aromatic ring is 1. The zero-order chi connectivity index (χ0) is 12.4. The third-order valence-corrected chi connectivity index (χ3v) is 2.43. The van der Waals surface area contributed by atoms with E-state index in [2.05, 4.69) is 20.3 Å². The lowest BCUT2D eigenvalue weighted by atomic mass is 10.2. The van der Waals surface area contributed by atoms with Gasteiger partial charge < -0.3 is 5.73 Å². The molecule has 0 aliphatic rings. The van der Waals surface area contributed by atoms with E-state index in [0.717, 1.165) is 5.56 Å². The summed E-state index contributed by atoms with van der Waals surface area (Å²) in [6.07, 6.45) is 3.21. The minimum atomic E-state index is 0.605. The van der Waals surface area contributed by atoms with Crippen molar-refractivity contribution in [3.05, 3.63) is 48.9 Å². The molecule has 2 heterocycles. The molecule has 1 aromatic carbocycles. The van der Waals surface area contributed by atoms with Gasteiger partial charge in [0.15, 0.2) is 11.6 Å². The van der Waals surface area contributed by atoms with E-state index in [4.69, 9.17) is 5.73 Å². The summed E-state index contributed by atoms with van der Waals surface area (Å²) in [5.74, 6) is 1.23. The van der Waals surface area contributed by atoms with Crippen LogP contribution in [0.3, 0.4) is 0 Å². The Morgan fingerprint density at radius 3 is 2.83 bits per heavy atom. The molecule has 0 amide bonds. The Hall–Kier alpha value is -2.76. The van der Waals surface area contributed by atoms with Crippen LogP contribution in [0.25, 0.3) is 17.2 Å². The molecule has 0 radical (unpaired) electrons. The van der Waals surface area contributed by atoms with Gasteiger partial charge in [-0.15, -0.1) is 10.2 Å². The summed E-state index contributed by atoms with van der Waals surface area (Å²) >= 11 is 0. The first-order valence-electron chi connectivity index (χ1n) is 5.38. The third-order valence-electron chi connectivity index (χ3n) is 2.43. The van der Waals surface area contributed by atoms with Crippen LogP contribution in [0.4, 0.5) is 5.69 Å². The van der Waals surface area contributed by atoms with Gasteiger partial charge in [-0.2, -0.15) is 5.10 Å². The van der Waals surface area contributed by atoms with Crippen molar-refractivity contribution in [1.82, 2.24) is 25.0 Å². The summed E-state index contributed by atoms with van der Waals surface area (Å²) in [5, 5.41) is 12.1. The molecule has 3 rings (SSSR count). The molecule has 0 saturated heterocycles. The van der Waals surface area contributed by atoms with Crippen LogP contribution in [-0.2, 0) is 0 Å². The Morgan fingerprint density at radius 1 is 1.11 bits per heavy atom. The molecule has 0 fully saturated rings. The van der Waals surface area contributed by atoms with Crippen molar-refractivity contribution >= 4 is 5.69 Å². The number of aromatic nitrogens is 5. The summed E-state index contributed by atoms with van der Waals surface area (Å²) in [6.45, 7) is 0. The molecule has 0 aliphatic carbocycles. The summed E-state index contributed by atoms with van der Waals surface area (Å²) in [7, 11) is 0. The van der Waals surface area contributed by atoms with Gasteiger partial charge in [-0.05, 0) is 24.3 Å². The predicted octanol–water partition coefficient (Wildman–Crippen LogP) is 1.31. The van der Waals surface area contributed by atoms with Gasteiger partial charge in [-0.3, -0.25) is 0 Å². The average Bonchev–Trinajstić information content (AvgIpc) is 2.89. The van der Waals surface area contributed by atoms with E-state index in [1.54, 1.807) is 23.3 Å². The average molecular weight is 238 g/mol. The van der Waals surface area contributed by atoms with E-state index in [1.165, 1.54) is 0 Å². The van der Waals surface area contributed by atoms with E-state index < -0.39 is 0 Å². The molecule has 3 aromatic rings. The molecule has 0 spiro atoms. The van der Waals surface area contributed by atoms with Gasteiger partial charge in [0.1, 0.15) is 6.33 Å². The van der Waals surface area contributed by atoms with E-state index in [9.17, 15) is 0 Å². The van der Waals surface area contributed by atoms with Crippen molar-refractivity contribution in [1.29, 1.82) is 0 Å². The van der Waals surface area contributed by atoms with Crippen LogP contribution < -0.4 is 5.73 Å². The minimum Gasteiger partial charge on any atom is -0.399 e. The van der Waals surface area contributed by atoms with Crippen LogP contribution in [-0.4, -0.2) is 25.0 Å². The molecule has 0 aliphatic heterocycles. The third kappa shape index (κ3) is 1.91. The molecule has 0 atom stereocenters. The van der Waals surface area contributed by atoms with Gasteiger partial charge in [-0.25, -0.2) is 9.67 Å². The molecular weight excluding hydrogens is 228 g/mol. The number of nitrogens with two attached hydrogens (primary N) is 1. The van der Waals surface area contributed by atoms with Crippen molar-refractivity contribution < 1.29 is 0 Å². The smallest absolute Gasteiger partial charge is 0.181 e. The number of hydrogen-bond donors (Lipinski definition) is 1.